The molecule has 2 rings (SSSR count). The number of nitrogens with one attached hydrogen (secondary N) is 1. The number of carbonyl (C=O) groups is 1. The topological polar surface area (TPSA) is 98.0 Å². The minimum Gasteiger partial charge on any atom is -0.296 e. The summed E-state index contributed by atoms with van der Waals surface area (Å²) in [6, 6.07) is 3.66. The number of nitro benzene ring substituents is 1. The van der Waals surface area contributed by atoms with Crippen LogP contribution in [0.15, 0.2) is 18.2 Å². The van der Waals surface area contributed by atoms with Gasteiger partial charge in [0.1, 0.15) is 5.01 Å². The minimum atomic E-state index is -0.576. The predicted molar refractivity (Wildman–Crippen MR) is 80.1 cm³/mol. The summed E-state index contributed by atoms with van der Waals surface area (Å²) in [5.41, 5.74) is -0.0295. The van der Waals surface area contributed by atoms with Gasteiger partial charge >= 0.3 is 0 Å². The maximum atomic E-state index is 12.1. The van der Waals surface area contributed by atoms with Gasteiger partial charge in [-0.05, 0) is 6.07 Å². The first-order valence-corrected chi connectivity index (χ1v) is 7.16. The number of hydrogen-bond donors (Lipinski definition) is 1. The first-order chi connectivity index (χ1) is 9.88. The van der Waals surface area contributed by atoms with Crippen molar-refractivity contribution >= 4 is 39.7 Å². The number of nitrogens with zero attached hydrogens (tertiary/aromatic N) is 3. The Balaban J connectivity index is 2.18. The van der Waals surface area contributed by atoms with Gasteiger partial charge in [-0.25, -0.2) is 0 Å². The van der Waals surface area contributed by atoms with Crippen LogP contribution in [0.2, 0.25) is 5.02 Å². The molecule has 0 aliphatic heterocycles. The van der Waals surface area contributed by atoms with Crippen molar-refractivity contribution < 1.29 is 9.72 Å². The fourth-order valence-corrected chi connectivity index (χ4v) is 2.49. The molecule has 1 N–H and O–H groups in total. The van der Waals surface area contributed by atoms with Gasteiger partial charge in [-0.1, -0.05) is 36.8 Å². The molecule has 0 saturated carbocycles. The summed E-state index contributed by atoms with van der Waals surface area (Å²) in [5, 5.41) is 22.2. The quantitative estimate of drug-likeness (QED) is 0.685. The number of benzene rings is 1. The number of anilines is 1. The van der Waals surface area contributed by atoms with Crippen LogP contribution in [0.1, 0.15) is 35.1 Å². The molecule has 110 valence electrons. The highest BCUT2D eigenvalue weighted by Gasteiger charge is 2.17. The van der Waals surface area contributed by atoms with E-state index in [0.717, 1.165) is 11.1 Å². The summed E-state index contributed by atoms with van der Waals surface area (Å²) in [4.78, 5) is 22.1. The molecule has 0 bridgehead atoms. The predicted octanol–water partition coefficient (Wildman–Crippen LogP) is 3.48. The van der Waals surface area contributed by atoms with Gasteiger partial charge in [-0.2, -0.15) is 0 Å². The lowest BCUT2D eigenvalue weighted by atomic mass is 10.2. The molecule has 1 heterocycles. The van der Waals surface area contributed by atoms with Gasteiger partial charge in [0, 0.05) is 18.1 Å². The minimum absolute atomic E-state index is 0.00954. The molecular weight excluding hydrogens is 316 g/mol. The third kappa shape index (κ3) is 3.53. The monoisotopic (exact) mass is 326 g/mol. The highest BCUT2D eigenvalue weighted by atomic mass is 35.5. The van der Waals surface area contributed by atoms with Crippen molar-refractivity contribution in [3.8, 4) is 0 Å². The Bertz CT molecular complexity index is 702. The van der Waals surface area contributed by atoms with Crippen LogP contribution in [0.25, 0.3) is 0 Å². The zero-order valence-corrected chi connectivity index (χ0v) is 12.7. The van der Waals surface area contributed by atoms with E-state index in [0.29, 0.717) is 5.13 Å². The second-order valence-electron chi connectivity index (χ2n) is 4.48. The fraction of sp³-hybridized carbons (Fsp3) is 0.250. The van der Waals surface area contributed by atoms with E-state index < -0.39 is 10.8 Å². The first-order valence-electron chi connectivity index (χ1n) is 5.97. The lowest BCUT2D eigenvalue weighted by Gasteiger charge is -2.03. The van der Waals surface area contributed by atoms with Crippen molar-refractivity contribution in [1.82, 2.24) is 10.2 Å². The number of amides is 1. The molecule has 2 aromatic rings. The van der Waals surface area contributed by atoms with Crippen molar-refractivity contribution in [3.63, 3.8) is 0 Å². The van der Waals surface area contributed by atoms with Crippen molar-refractivity contribution in [2.24, 2.45) is 0 Å². The number of nitro groups is 1. The van der Waals surface area contributed by atoms with Crippen LogP contribution in [0, 0.1) is 10.1 Å². The lowest BCUT2D eigenvalue weighted by Crippen LogP contribution is -2.12. The second-order valence-corrected chi connectivity index (χ2v) is 5.89. The van der Waals surface area contributed by atoms with Crippen molar-refractivity contribution in [1.29, 1.82) is 0 Å². The van der Waals surface area contributed by atoms with Gasteiger partial charge < -0.3 is 0 Å². The molecule has 0 atom stereocenters. The summed E-state index contributed by atoms with van der Waals surface area (Å²) < 4.78 is 0. The van der Waals surface area contributed by atoms with E-state index in [9.17, 15) is 14.9 Å². The Labute approximate surface area is 129 Å². The smallest absolute Gasteiger partial charge is 0.270 e. The Morgan fingerprint density at radius 3 is 2.67 bits per heavy atom. The summed E-state index contributed by atoms with van der Waals surface area (Å²) >= 11 is 7.16. The van der Waals surface area contributed by atoms with E-state index in [1.807, 2.05) is 13.8 Å². The normalized spacial score (nSPS) is 10.7. The largest absolute Gasteiger partial charge is 0.296 e. The fourth-order valence-electron chi connectivity index (χ4n) is 1.48. The van der Waals surface area contributed by atoms with E-state index in [-0.39, 0.29) is 22.2 Å². The van der Waals surface area contributed by atoms with E-state index in [1.165, 1.54) is 23.5 Å². The second kappa shape index (κ2) is 6.15. The number of hydrogen-bond acceptors (Lipinski definition) is 6. The Kier molecular flexibility index (Phi) is 4.49. The molecule has 0 spiro atoms. The maximum Gasteiger partial charge on any atom is 0.270 e. The molecule has 0 fully saturated rings. The number of non-ortho nitro benzene ring substituents is 1. The molecule has 0 saturated heterocycles. The molecule has 21 heavy (non-hydrogen) atoms. The zero-order valence-electron chi connectivity index (χ0n) is 11.2. The van der Waals surface area contributed by atoms with E-state index in [2.05, 4.69) is 15.5 Å². The molecular formula is C12H11ClN4O3S. The molecule has 1 aromatic heterocycles. The van der Waals surface area contributed by atoms with Crippen LogP contribution in [-0.4, -0.2) is 21.0 Å². The highest BCUT2D eigenvalue weighted by molar-refractivity contribution is 7.15. The van der Waals surface area contributed by atoms with Crippen LogP contribution in [0.5, 0.6) is 0 Å². The SMILES string of the molecule is CC(C)c1nnc(NC(=O)c2ccc([N+](=O)[O-])cc2Cl)s1. The molecule has 0 aliphatic rings. The molecule has 1 aromatic carbocycles. The van der Waals surface area contributed by atoms with Gasteiger partial charge in [0.2, 0.25) is 5.13 Å². The molecule has 0 aliphatic carbocycles. The summed E-state index contributed by atoms with van der Waals surface area (Å²) in [5.74, 6) is -0.266. The number of rotatable bonds is 4. The lowest BCUT2D eigenvalue weighted by molar-refractivity contribution is -0.384. The number of halogens is 1. The van der Waals surface area contributed by atoms with Crippen molar-refractivity contribution in [2.75, 3.05) is 5.32 Å². The van der Waals surface area contributed by atoms with E-state index >= 15 is 0 Å². The third-order valence-electron chi connectivity index (χ3n) is 2.56. The summed E-state index contributed by atoms with van der Waals surface area (Å²) in [6.07, 6.45) is 0. The Morgan fingerprint density at radius 2 is 2.14 bits per heavy atom. The zero-order chi connectivity index (χ0) is 15.6. The summed E-state index contributed by atoms with van der Waals surface area (Å²) in [7, 11) is 0. The Hall–Kier alpha value is -2.06. The molecule has 1 amide bonds. The highest BCUT2D eigenvalue weighted by Crippen LogP contribution is 2.25. The van der Waals surface area contributed by atoms with Crippen LogP contribution < -0.4 is 5.32 Å². The van der Waals surface area contributed by atoms with Crippen molar-refractivity contribution in [2.45, 2.75) is 19.8 Å². The molecule has 0 unspecified atom stereocenters. The van der Waals surface area contributed by atoms with Gasteiger partial charge in [-0.15, -0.1) is 10.2 Å². The summed E-state index contributed by atoms with van der Waals surface area (Å²) in [6.45, 7) is 3.94. The van der Waals surface area contributed by atoms with Crippen LogP contribution >= 0.6 is 22.9 Å². The molecule has 7 nitrogen and oxygen atoms in total. The average Bonchev–Trinajstić information content (AvgIpc) is 2.87. The van der Waals surface area contributed by atoms with Gasteiger partial charge in [0.25, 0.3) is 11.6 Å². The standard InChI is InChI=1S/C12H11ClN4O3S/c1-6(2)11-15-16-12(21-11)14-10(18)8-4-3-7(17(19)20)5-9(8)13/h3-6H,1-2H3,(H,14,16,18). The molecule has 0 radical (unpaired) electrons. The van der Waals surface area contributed by atoms with Gasteiger partial charge in [0.05, 0.1) is 15.5 Å². The van der Waals surface area contributed by atoms with Gasteiger partial charge in [0.15, 0.2) is 0 Å². The van der Waals surface area contributed by atoms with Crippen molar-refractivity contribution in [3.05, 3.63) is 43.9 Å². The van der Waals surface area contributed by atoms with Gasteiger partial charge in [-0.3, -0.25) is 20.2 Å². The first kappa shape index (κ1) is 15.3. The molecule has 9 heteroatoms. The number of aromatic nitrogens is 2. The average molecular weight is 327 g/mol. The van der Waals surface area contributed by atoms with Crippen LogP contribution in [0.3, 0.4) is 0 Å². The van der Waals surface area contributed by atoms with Crippen LogP contribution in [0.4, 0.5) is 10.8 Å². The Morgan fingerprint density at radius 1 is 1.43 bits per heavy atom. The maximum absolute atomic E-state index is 12.1. The van der Waals surface area contributed by atoms with E-state index in [1.54, 1.807) is 0 Å². The van der Waals surface area contributed by atoms with E-state index in [4.69, 9.17) is 11.6 Å². The number of carbonyl (C=O) groups excluding carboxylic acids is 1. The third-order valence-corrected chi connectivity index (χ3v) is 4.02. The van der Waals surface area contributed by atoms with Crippen LogP contribution in [-0.2, 0) is 0 Å².